The molecule has 0 aliphatic heterocycles. The summed E-state index contributed by atoms with van der Waals surface area (Å²) in [5.41, 5.74) is 5.73. The number of primary amides is 1. The van der Waals surface area contributed by atoms with Crippen molar-refractivity contribution in [3.63, 3.8) is 0 Å². The van der Waals surface area contributed by atoms with E-state index in [1.807, 2.05) is 6.92 Å². The number of rotatable bonds is 5. The van der Waals surface area contributed by atoms with Gasteiger partial charge < -0.3 is 19.9 Å². The maximum atomic E-state index is 12.7. The van der Waals surface area contributed by atoms with E-state index in [4.69, 9.17) is 14.9 Å². The van der Waals surface area contributed by atoms with Crippen LogP contribution in [-0.2, 0) is 0 Å². The number of carbonyl (C=O) groups excluding carboxylic acids is 1. The van der Waals surface area contributed by atoms with Gasteiger partial charge in [-0.25, -0.2) is 19.3 Å². The van der Waals surface area contributed by atoms with Crippen LogP contribution in [0, 0.1) is 6.92 Å². The Morgan fingerprint density at radius 1 is 1.25 bits per heavy atom. The molecule has 0 saturated carbocycles. The number of nitrogens with zero attached hydrogens (tertiary/aromatic N) is 3. The highest BCUT2D eigenvalue weighted by Gasteiger charge is 2.22. The zero-order valence-electron chi connectivity index (χ0n) is 15.2. The Labute approximate surface area is 158 Å². The number of fused-ring (bicyclic) bond motifs is 1. The van der Waals surface area contributed by atoms with Crippen molar-refractivity contribution in [2.45, 2.75) is 13.8 Å². The molecule has 0 bridgehead atoms. The average Bonchev–Trinajstić information content (AvgIpc) is 3.24. The van der Waals surface area contributed by atoms with Crippen molar-refractivity contribution < 1.29 is 13.9 Å². The van der Waals surface area contributed by atoms with Crippen molar-refractivity contribution in [2.24, 2.45) is 5.73 Å². The smallest absolute Gasteiger partial charge is 0.332 e. The number of H-pyrrole nitrogens is 1. The highest BCUT2D eigenvalue weighted by Crippen LogP contribution is 2.27. The predicted octanol–water partition coefficient (Wildman–Crippen LogP) is 2.17. The number of aromatic nitrogens is 4. The summed E-state index contributed by atoms with van der Waals surface area (Å²) in [5.74, 6) is 0.884. The third kappa shape index (κ3) is 2.82. The van der Waals surface area contributed by atoms with Crippen LogP contribution in [-0.4, -0.2) is 32.0 Å². The van der Waals surface area contributed by atoms with Gasteiger partial charge in [0, 0.05) is 0 Å². The molecule has 0 radical (unpaired) electrons. The normalized spacial score (nSPS) is 11.1. The Balaban J connectivity index is 2.06. The Bertz CT molecular complexity index is 1250. The summed E-state index contributed by atoms with van der Waals surface area (Å²) in [4.78, 5) is 36.0. The lowest BCUT2D eigenvalue weighted by atomic mass is 10.2. The molecule has 0 fully saturated rings. The van der Waals surface area contributed by atoms with Gasteiger partial charge in [-0.1, -0.05) is 12.1 Å². The van der Waals surface area contributed by atoms with E-state index in [0.717, 1.165) is 0 Å². The lowest BCUT2D eigenvalue weighted by Crippen LogP contribution is -2.16. The number of amides is 1. The Morgan fingerprint density at radius 3 is 2.71 bits per heavy atom. The van der Waals surface area contributed by atoms with Gasteiger partial charge in [0.1, 0.15) is 17.0 Å². The van der Waals surface area contributed by atoms with Crippen molar-refractivity contribution in [3.8, 4) is 23.0 Å². The van der Waals surface area contributed by atoms with Crippen molar-refractivity contribution in [3.05, 3.63) is 58.3 Å². The first-order chi connectivity index (χ1) is 13.5. The fraction of sp³-hybridized carbons (Fsp3) is 0.158. The van der Waals surface area contributed by atoms with Crippen LogP contribution in [0.1, 0.15) is 23.2 Å². The van der Waals surface area contributed by atoms with Crippen LogP contribution in [0.2, 0.25) is 0 Å². The number of hydrogen-bond donors (Lipinski definition) is 2. The van der Waals surface area contributed by atoms with Crippen LogP contribution in [0.4, 0.5) is 0 Å². The van der Waals surface area contributed by atoms with Gasteiger partial charge in [-0.3, -0.25) is 4.79 Å². The van der Waals surface area contributed by atoms with Crippen LogP contribution in [0.3, 0.4) is 0 Å². The highest BCUT2D eigenvalue weighted by molar-refractivity contribution is 6.02. The van der Waals surface area contributed by atoms with Crippen LogP contribution in [0.5, 0.6) is 5.75 Å². The molecule has 3 heterocycles. The average molecular weight is 379 g/mol. The van der Waals surface area contributed by atoms with Crippen LogP contribution >= 0.6 is 0 Å². The standard InChI is InChI=1S/C19H17N5O4/c1-3-27-12-7-5-4-6-11(12)24-18-15(22-19(24)26)14(16(20)25)21-17(23-18)13-9-8-10(2)28-13/h4-9H,3H2,1-2H3,(H2,20,25)(H,22,26). The summed E-state index contributed by atoms with van der Waals surface area (Å²) in [6.45, 7) is 4.05. The van der Waals surface area contributed by atoms with Gasteiger partial charge >= 0.3 is 5.69 Å². The van der Waals surface area contributed by atoms with Gasteiger partial charge in [-0.05, 0) is 38.1 Å². The molecule has 3 N–H and O–H groups in total. The Hall–Kier alpha value is -3.88. The fourth-order valence-corrected chi connectivity index (χ4v) is 2.97. The molecule has 1 aromatic carbocycles. The van der Waals surface area contributed by atoms with Gasteiger partial charge in [0.25, 0.3) is 5.91 Å². The third-order valence-corrected chi connectivity index (χ3v) is 4.14. The molecule has 3 aromatic heterocycles. The highest BCUT2D eigenvalue weighted by atomic mass is 16.5. The summed E-state index contributed by atoms with van der Waals surface area (Å²) in [5, 5.41) is 0. The molecule has 9 nitrogen and oxygen atoms in total. The second-order valence-electron chi connectivity index (χ2n) is 6.04. The number of aromatic amines is 1. The lowest BCUT2D eigenvalue weighted by Gasteiger charge is -2.10. The number of nitrogens with two attached hydrogens (primary N) is 1. The molecule has 9 heteroatoms. The molecular weight excluding hydrogens is 362 g/mol. The number of imidazole rings is 1. The molecule has 4 rings (SSSR count). The molecule has 4 aromatic rings. The molecule has 0 aliphatic carbocycles. The Kier molecular flexibility index (Phi) is 4.19. The summed E-state index contributed by atoms with van der Waals surface area (Å²) < 4.78 is 12.5. The van der Waals surface area contributed by atoms with E-state index < -0.39 is 11.6 Å². The first-order valence-electron chi connectivity index (χ1n) is 8.61. The lowest BCUT2D eigenvalue weighted by molar-refractivity contribution is 0.0997. The predicted molar refractivity (Wildman–Crippen MR) is 102 cm³/mol. The molecule has 0 saturated heterocycles. The number of nitrogens with one attached hydrogen (secondary N) is 1. The summed E-state index contributed by atoms with van der Waals surface area (Å²) >= 11 is 0. The summed E-state index contributed by atoms with van der Waals surface area (Å²) in [6, 6.07) is 10.5. The second-order valence-corrected chi connectivity index (χ2v) is 6.04. The molecule has 0 atom stereocenters. The molecule has 28 heavy (non-hydrogen) atoms. The molecule has 142 valence electrons. The number of para-hydroxylation sites is 2. The largest absolute Gasteiger partial charge is 0.492 e. The minimum absolute atomic E-state index is 0.0983. The summed E-state index contributed by atoms with van der Waals surface area (Å²) in [6.07, 6.45) is 0. The van der Waals surface area contributed by atoms with Crippen molar-refractivity contribution in [2.75, 3.05) is 6.61 Å². The maximum Gasteiger partial charge on any atom is 0.332 e. The van der Waals surface area contributed by atoms with Crippen molar-refractivity contribution >= 4 is 17.1 Å². The van der Waals surface area contributed by atoms with Crippen molar-refractivity contribution in [1.82, 2.24) is 19.5 Å². The van der Waals surface area contributed by atoms with E-state index in [1.165, 1.54) is 4.57 Å². The topological polar surface area (TPSA) is 129 Å². The summed E-state index contributed by atoms with van der Waals surface area (Å²) in [7, 11) is 0. The van der Waals surface area contributed by atoms with Gasteiger partial charge in [-0.2, -0.15) is 0 Å². The second kappa shape index (κ2) is 6.69. The monoisotopic (exact) mass is 379 g/mol. The maximum absolute atomic E-state index is 12.7. The molecule has 1 amide bonds. The first kappa shape index (κ1) is 17.5. The van der Waals surface area contributed by atoms with Gasteiger partial charge in [0.05, 0.1) is 12.3 Å². The van der Waals surface area contributed by atoms with Crippen molar-refractivity contribution in [1.29, 1.82) is 0 Å². The third-order valence-electron chi connectivity index (χ3n) is 4.14. The zero-order chi connectivity index (χ0) is 19.8. The quantitative estimate of drug-likeness (QED) is 0.547. The first-order valence-corrected chi connectivity index (χ1v) is 8.61. The van der Waals surface area contributed by atoms with Crippen LogP contribution < -0.4 is 16.2 Å². The molecule has 0 aliphatic rings. The van der Waals surface area contributed by atoms with E-state index in [9.17, 15) is 9.59 Å². The van der Waals surface area contributed by atoms with E-state index in [2.05, 4.69) is 15.0 Å². The number of aryl methyl sites for hydroxylation is 1. The number of benzene rings is 1. The number of hydrogen-bond acceptors (Lipinski definition) is 6. The van der Waals surface area contributed by atoms with E-state index in [-0.39, 0.29) is 22.7 Å². The van der Waals surface area contributed by atoms with Gasteiger partial charge in [0.2, 0.25) is 0 Å². The van der Waals surface area contributed by atoms with E-state index in [1.54, 1.807) is 43.3 Å². The van der Waals surface area contributed by atoms with Gasteiger partial charge in [-0.15, -0.1) is 0 Å². The number of carbonyl (C=O) groups is 1. The SMILES string of the molecule is CCOc1ccccc1-n1c(=O)[nH]c2c(C(N)=O)nc(-c3ccc(C)o3)nc21. The van der Waals surface area contributed by atoms with E-state index in [0.29, 0.717) is 29.6 Å². The fourth-order valence-electron chi connectivity index (χ4n) is 2.97. The molecular formula is C19H17N5O4. The molecule has 0 unspecified atom stereocenters. The van der Waals surface area contributed by atoms with Crippen LogP contribution in [0.15, 0.2) is 45.6 Å². The molecule has 0 spiro atoms. The minimum Gasteiger partial charge on any atom is -0.492 e. The Morgan fingerprint density at radius 2 is 2.04 bits per heavy atom. The van der Waals surface area contributed by atoms with E-state index >= 15 is 0 Å². The number of furan rings is 1. The minimum atomic E-state index is -0.788. The van der Waals surface area contributed by atoms with Gasteiger partial charge in [0.15, 0.2) is 22.9 Å². The van der Waals surface area contributed by atoms with Crippen LogP contribution in [0.25, 0.3) is 28.4 Å². The zero-order valence-corrected chi connectivity index (χ0v) is 15.2. The number of ether oxygens (including phenoxy) is 1.